The third-order valence-electron chi connectivity index (χ3n) is 3.14. The van der Waals surface area contributed by atoms with Gasteiger partial charge in [0.15, 0.2) is 18.1 Å². The molecule has 0 fully saturated rings. The molecule has 0 aromatic heterocycles. The number of methoxy groups -OCH3 is 2. The lowest BCUT2D eigenvalue weighted by atomic mass is 10.2. The van der Waals surface area contributed by atoms with Gasteiger partial charge >= 0.3 is 5.69 Å². The van der Waals surface area contributed by atoms with Crippen molar-refractivity contribution >= 4 is 17.3 Å². The first-order chi connectivity index (χ1) is 11.9. The number of nitrogens with one attached hydrogen (secondary N) is 1. The zero-order valence-electron chi connectivity index (χ0n) is 13.4. The van der Waals surface area contributed by atoms with Crippen LogP contribution in [-0.2, 0) is 4.79 Å². The van der Waals surface area contributed by atoms with Crippen LogP contribution in [0, 0.1) is 15.9 Å². The summed E-state index contributed by atoms with van der Waals surface area (Å²) in [6.07, 6.45) is 0. The molecule has 0 aliphatic rings. The molecule has 0 aliphatic carbocycles. The highest BCUT2D eigenvalue weighted by molar-refractivity contribution is 5.92. The molecule has 2 aromatic carbocycles. The van der Waals surface area contributed by atoms with Crippen LogP contribution in [-0.4, -0.2) is 31.7 Å². The van der Waals surface area contributed by atoms with Gasteiger partial charge in [0.25, 0.3) is 5.91 Å². The van der Waals surface area contributed by atoms with Gasteiger partial charge in [-0.15, -0.1) is 0 Å². The van der Waals surface area contributed by atoms with E-state index >= 15 is 0 Å². The second-order valence-corrected chi connectivity index (χ2v) is 4.78. The third kappa shape index (κ3) is 4.56. The first-order valence-electron chi connectivity index (χ1n) is 7.03. The maximum atomic E-state index is 13.2. The SMILES string of the molecule is COc1ccc(NC(=O)COc2cc(F)ccc2[N+](=O)[O-])cc1OC. The maximum absolute atomic E-state index is 13.2. The molecule has 132 valence electrons. The van der Waals surface area contributed by atoms with E-state index in [-0.39, 0.29) is 5.75 Å². The van der Waals surface area contributed by atoms with Crippen LogP contribution in [0.5, 0.6) is 17.2 Å². The second-order valence-electron chi connectivity index (χ2n) is 4.78. The number of nitro groups is 1. The standard InChI is InChI=1S/C16H15FN2O6/c1-23-13-6-4-11(8-15(13)24-2)18-16(20)9-25-14-7-10(17)3-5-12(14)19(21)22/h3-8H,9H2,1-2H3,(H,18,20). The fraction of sp³-hybridized carbons (Fsp3) is 0.188. The number of amides is 1. The Labute approximate surface area is 142 Å². The largest absolute Gasteiger partial charge is 0.493 e. The molecule has 0 bridgehead atoms. The van der Waals surface area contributed by atoms with Crippen LogP contribution in [0.1, 0.15) is 0 Å². The predicted molar refractivity (Wildman–Crippen MR) is 86.7 cm³/mol. The molecule has 1 N–H and O–H groups in total. The van der Waals surface area contributed by atoms with Crippen molar-refractivity contribution in [2.24, 2.45) is 0 Å². The van der Waals surface area contributed by atoms with Gasteiger partial charge in [0.2, 0.25) is 5.75 Å². The minimum atomic E-state index is -0.721. The highest BCUT2D eigenvalue weighted by Gasteiger charge is 2.17. The van der Waals surface area contributed by atoms with Crippen molar-refractivity contribution < 1.29 is 28.3 Å². The lowest BCUT2D eigenvalue weighted by molar-refractivity contribution is -0.385. The molecule has 0 spiro atoms. The molecule has 0 saturated carbocycles. The topological polar surface area (TPSA) is 99.9 Å². The minimum Gasteiger partial charge on any atom is -0.493 e. The number of nitrogens with zero attached hydrogens (tertiary/aromatic N) is 1. The van der Waals surface area contributed by atoms with E-state index in [1.54, 1.807) is 18.2 Å². The Bertz CT molecular complexity index is 796. The molecule has 0 unspecified atom stereocenters. The van der Waals surface area contributed by atoms with E-state index in [0.29, 0.717) is 17.2 Å². The summed E-state index contributed by atoms with van der Waals surface area (Å²) in [5, 5.41) is 13.4. The summed E-state index contributed by atoms with van der Waals surface area (Å²) in [5.74, 6) is -0.701. The van der Waals surface area contributed by atoms with Gasteiger partial charge in [-0.3, -0.25) is 14.9 Å². The maximum Gasteiger partial charge on any atom is 0.311 e. The van der Waals surface area contributed by atoms with Crippen molar-refractivity contribution in [1.82, 2.24) is 0 Å². The molecule has 1 amide bonds. The Morgan fingerprint density at radius 1 is 1.12 bits per heavy atom. The van der Waals surface area contributed by atoms with Gasteiger partial charge in [-0.1, -0.05) is 0 Å². The number of carbonyl (C=O) groups excluding carboxylic acids is 1. The molecule has 0 radical (unpaired) electrons. The van der Waals surface area contributed by atoms with Crippen LogP contribution >= 0.6 is 0 Å². The van der Waals surface area contributed by atoms with Crippen molar-refractivity contribution in [3.63, 3.8) is 0 Å². The number of carbonyl (C=O) groups is 1. The van der Waals surface area contributed by atoms with E-state index in [2.05, 4.69) is 5.32 Å². The second kappa shape index (κ2) is 7.95. The van der Waals surface area contributed by atoms with Gasteiger partial charge in [0.05, 0.1) is 19.1 Å². The number of anilines is 1. The van der Waals surface area contributed by atoms with Crippen LogP contribution in [0.25, 0.3) is 0 Å². The van der Waals surface area contributed by atoms with Crippen molar-refractivity contribution in [3.8, 4) is 17.2 Å². The highest BCUT2D eigenvalue weighted by Crippen LogP contribution is 2.30. The van der Waals surface area contributed by atoms with Gasteiger partial charge in [-0.25, -0.2) is 4.39 Å². The van der Waals surface area contributed by atoms with Crippen molar-refractivity contribution in [2.75, 3.05) is 26.1 Å². The molecular formula is C16H15FN2O6. The van der Waals surface area contributed by atoms with Crippen LogP contribution in [0.4, 0.5) is 15.8 Å². The van der Waals surface area contributed by atoms with E-state index in [1.165, 1.54) is 14.2 Å². The normalized spacial score (nSPS) is 10.0. The quantitative estimate of drug-likeness (QED) is 0.609. The Hall–Kier alpha value is -3.36. The minimum absolute atomic E-state index is 0.326. The number of ether oxygens (including phenoxy) is 3. The average molecular weight is 350 g/mol. The van der Waals surface area contributed by atoms with Gasteiger partial charge in [0.1, 0.15) is 5.82 Å². The molecule has 8 nitrogen and oxygen atoms in total. The molecular weight excluding hydrogens is 335 g/mol. The lowest BCUT2D eigenvalue weighted by Gasteiger charge is -2.11. The molecule has 2 rings (SSSR count). The van der Waals surface area contributed by atoms with Crippen molar-refractivity contribution in [2.45, 2.75) is 0 Å². The fourth-order valence-corrected chi connectivity index (χ4v) is 2.01. The average Bonchev–Trinajstić information content (AvgIpc) is 2.59. The summed E-state index contributed by atoms with van der Waals surface area (Å²) in [6, 6.07) is 7.49. The van der Waals surface area contributed by atoms with E-state index in [1.807, 2.05) is 0 Å². The molecule has 25 heavy (non-hydrogen) atoms. The van der Waals surface area contributed by atoms with Crippen LogP contribution in [0.2, 0.25) is 0 Å². The monoisotopic (exact) mass is 350 g/mol. The van der Waals surface area contributed by atoms with Gasteiger partial charge < -0.3 is 19.5 Å². The molecule has 9 heteroatoms. The number of hydrogen-bond donors (Lipinski definition) is 1. The highest BCUT2D eigenvalue weighted by atomic mass is 19.1. The Kier molecular flexibility index (Phi) is 5.72. The van der Waals surface area contributed by atoms with Crippen LogP contribution < -0.4 is 19.5 Å². The Balaban J connectivity index is 2.04. The van der Waals surface area contributed by atoms with E-state index in [0.717, 1.165) is 18.2 Å². The van der Waals surface area contributed by atoms with Gasteiger partial charge in [-0.2, -0.15) is 0 Å². The summed E-state index contributed by atoms with van der Waals surface area (Å²) in [4.78, 5) is 22.1. The van der Waals surface area contributed by atoms with Crippen molar-refractivity contribution in [1.29, 1.82) is 0 Å². The Morgan fingerprint density at radius 3 is 2.48 bits per heavy atom. The third-order valence-corrected chi connectivity index (χ3v) is 3.14. The van der Waals surface area contributed by atoms with E-state index in [9.17, 15) is 19.3 Å². The fourth-order valence-electron chi connectivity index (χ4n) is 2.01. The lowest BCUT2D eigenvalue weighted by Crippen LogP contribution is -2.20. The summed E-state index contributed by atoms with van der Waals surface area (Å²) in [6.45, 7) is -0.529. The number of nitro benzene ring substituents is 1. The van der Waals surface area contributed by atoms with Crippen molar-refractivity contribution in [3.05, 3.63) is 52.3 Å². The smallest absolute Gasteiger partial charge is 0.311 e. The number of benzene rings is 2. The summed E-state index contributed by atoms with van der Waals surface area (Å²) in [5.41, 5.74) is -0.0136. The summed E-state index contributed by atoms with van der Waals surface area (Å²) in [7, 11) is 2.94. The first kappa shape index (κ1) is 18.0. The van der Waals surface area contributed by atoms with Crippen LogP contribution in [0.15, 0.2) is 36.4 Å². The van der Waals surface area contributed by atoms with Crippen LogP contribution in [0.3, 0.4) is 0 Å². The molecule has 0 saturated heterocycles. The summed E-state index contributed by atoms with van der Waals surface area (Å²) >= 11 is 0. The zero-order valence-corrected chi connectivity index (χ0v) is 13.4. The number of halogens is 1. The van der Waals surface area contributed by atoms with Gasteiger partial charge in [0, 0.05) is 23.9 Å². The van der Waals surface area contributed by atoms with E-state index < -0.39 is 28.9 Å². The first-order valence-corrected chi connectivity index (χ1v) is 7.03. The zero-order chi connectivity index (χ0) is 18.4. The molecule has 0 heterocycles. The molecule has 0 atom stereocenters. The Morgan fingerprint density at radius 2 is 1.84 bits per heavy atom. The molecule has 2 aromatic rings. The predicted octanol–water partition coefficient (Wildman–Crippen LogP) is 2.77. The summed E-state index contributed by atoms with van der Waals surface area (Å²) < 4.78 is 28.5. The number of hydrogen-bond acceptors (Lipinski definition) is 6. The van der Waals surface area contributed by atoms with Gasteiger partial charge in [-0.05, 0) is 18.2 Å². The molecule has 0 aliphatic heterocycles. The van der Waals surface area contributed by atoms with E-state index in [4.69, 9.17) is 14.2 Å². The number of rotatable bonds is 7.